The Hall–Kier alpha value is -7.98. The summed E-state index contributed by atoms with van der Waals surface area (Å²) in [5.74, 6) is 0. The standard InChI is InChI=1S/C61H38N2S/c1-3-17-39(18-4-1)40-33-35-42(36-34-40)62(53-29-15-28-52-57(53)47-24-9-13-27-51(47)61(52)49-25-11-7-21-43(49)44-22-8-12-26-50(44)61)54-30-16-31-55-58(54)48-38-37-46-45-23-10-14-32-56(45)64-60(46)59(48)63(55)41-19-5-2-6-20-41/h1-38H. The van der Waals surface area contributed by atoms with Crippen molar-refractivity contribution in [1.82, 2.24) is 4.57 Å². The smallest absolute Gasteiger partial charge is 0.0726 e. The number of para-hydroxylation sites is 1. The molecule has 14 rings (SSSR count). The van der Waals surface area contributed by atoms with E-state index in [4.69, 9.17) is 0 Å². The second-order valence-corrected chi connectivity index (χ2v) is 18.2. The van der Waals surface area contributed by atoms with Crippen LogP contribution in [-0.4, -0.2) is 4.57 Å². The van der Waals surface area contributed by atoms with Gasteiger partial charge in [0.15, 0.2) is 0 Å². The van der Waals surface area contributed by atoms with Crippen molar-refractivity contribution in [1.29, 1.82) is 0 Å². The third kappa shape index (κ3) is 4.74. The lowest BCUT2D eigenvalue weighted by molar-refractivity contribution is 0.794. The van der Waals surface area contributed by atoms with Crippen molar-refractivity contribution in [3.8, 4) is 39.1 Å². The Morgan fingerprint density at radius 3 is 1.70 bits per heavy atom. The lowest BCUT2D eigenvalue weighted by atomic mass is 9.70. The third-order valence-corrected chi connectivity index (χ3v) is 15.2. The van der Waals surface area contributed by atoms with Crippen LogP contribution < -0.4 is 4.90 Å². The van der Waals surface area contributed by atoms with Gasteiger partial charge in [0.25, 0.3) is 0 Å². The van der Waals surface area contributed by atoms with Gasteiger partial charge in [-0.15, -0.1) is 11.3 Å². The summed E-state index contributed by atoms with van der Waals surface area (Å²) in [6.07, 6.45) is 0. The number of aromatic nitrogens is 1. The molecule has 0 radical (unpaired) electrons. The number of hydrogen-bond acceptors (Lipinski definition) is 2. The van der Waals surface area contributed by atoms with E-state index in [1.807, 2.05) is 11.3 Å². The normalized spacial score (nSPS) is 13.1. The maximum atomic E-state index is 2.56. The van der Waals surface area contributed by atoms with Crippen molar-refractivity contribution in [3.05, 3.63) is 253 Å². The zero-order chi connectivity index (χ0) is 41.9. The first-order valence-electron chi connectivity index (χ1n) is 22.1. The molecule has 0 unspecified atom stereocenters. The van der Waals surface area contributed by atoms with Gasteiger partial charge in [0.05, 0.1) is 32.5 Å². The van der Waals surface area contributed by atoms with Gasteiger partial charge >= 0.3 is 0 Å². The molecule has 2 aliphatic rings. The van der Waals surface area contributed by atoms with Gasteiger partial charge in [-0.1, -0.05) is 182 Å². The predicted octanol–water partition coefficient (Wildman–Crippen LogP) is 16.6. The molecule has 2 heterocycles. The zero-order valence-electron chi connectivity index (χ0n) is 34.7. The molecule has 2 aromatic heterocycles. The van der Waals surface area contributed by atoms with E-state index in [-0.39, 0.29) is 0 Å². The number of fused-ring (bicyclic) bond motifs is 17. The molecule has 2 aliphatic carbocycles. The predicted molar refractivity (Wildman–Crippen MR) is 270 cm³/mol. The molecule has 0 amide bonds. The van der Waals surface area contributed by atoms with E-state index < -0.39 is 5.41 Å². The van der Waals surface area contributed by atoms with Crippen molar-refractivity contribution in [3.63, 3.8) is 0 Å². The van der Waals surface area contributed by atoms with E-state index in [9.17, 15) is 0 Å². The Balaban J connectivity index is 1.11. The molecule has 0 aliphatic heterocycles. The average Bonchev–Trinajstić information content (AvgIpc) is 4.09. The highest BCUT2D eigenvalue weighted by Gasteiger charge is 2.52. The Morgan fingerprint density at radius 1 is 0.391 bits per heavy atom. The summed E-state index contributed by atoms with van der Waals surface area (Å²) in [6.45, 7) is 0. The minimum atomic E-state index is -0.458. The van der Waals surface area contributed by atoms with Gasteiger partial charge < -0.3 is 9.47 Å². The highest BCUT2D eigenvalue weighted by atomic mass is 32.1. The van der Waals surface area contributed by atoms with E-state index in [2.05, 4.69) is 240 Å². The topological polar surface area (TPSA) is 8.17 Å². The monoisotopic (exact) mass is 830 g/mol. The largest absolute Gasteiger partial charge is 0.309 e. The summed E-state index contributed by atoms with van der Waals surface area (Å²) in [6, 6.07) is 85.7. The highest BCUT2D eigenvalue weighted by Crippen LogP contribution is 2.65. The molecule has 1 spiro atoms. The lowest BCUT2D eigenvalue weighted by Gasteiger charge is -2.32. The van der Waals surface area contributed by atoms with E-state index >= 15 is 0 Å². The Bertz CT molecular complexity index is 3790. The number of thiophene rings is 1. The zero-order valence-corrected chi connectivity index (χ0v) is 35.6. The quantitative estimate of drug-likeness (QED) is 0.168. The van der Waals surface area contributed by atoms with Crippen molar-refractivity contribution < 1.29 is 0 Å². The molecule has 64 heavy (non-hydrogen) atoms. The van der Waals surface area contributed by atoms with Crippen LogP contribution in [0.4, 0.5) is 17.1 Å². The fraction of sp³-hybridized carbons (Fsp3) is 0.0164. The van der Waals surface area contributed by atoms with Crippen LogP contribution in [0.2, 0.25) is 0 Å². The minimum Gasteiger partial charge on any atom is -0.309 e. The van der Waals surface area contributed by atoms with Gasteiger partial charge in [-0.2, -0.15) is 0 Å². The van der Waals surface area contributed by atoms with Crippen LogP contribution in [0.25, 0.3) is 81.0 Å². The molecule has 0 saturated heterocycles. The van der Waals surface area contributed by atoms with Crippen LogP contribution in [-0.2, 0) is 5.41 Å². The van der Waals surface area contributed by atoms with Crippen LogP contribution in [0.15, 0.2) is 231 Å². The van der Waals surface area contributed by atoms with Crippen molar-refractivity contribution in [2.75, 3.05) is 4.90 Å². The first-order chi connectivity index (χ1) is 31.8. The number of nitrogens with zero attached hydrogens (tertiary/aromatic N) is 2. The molecule has 12 aromatic rings. The molecule has 2 nitrogen and oxygen atoms in total. The van der Waals surface area contributed by atoms with Gasteiger partial charge in [-0.25, -0.2) is 0 Å². The summed E-state index contributed by atoms with van der Waals surface area (Å²) >= 11 is 1.90. The number of hydrogen-bond donors (Lipinski definition) is 0. The number of benzene rings is 10. The molecule has 0 saturated carbocycles. The second kappa shape index (κ2) is 13.5. The fourth-order valence-electron chi connectivity index (χ4n) is 11.5. The number of rotatable bonds is 5. The summed E-state index contributed by atoms with van der Waals surface area (Å²) in [7, 11) is 0. The molecular formula is C61H38N2S. The van der Waals surface area contributed by atoms with Crippen LogP contribution in [0.1, 0.15) is 22.3 Å². The Labute approximate surface area is 375 Å². The second-order valence-electron chi connectivity index (χ2n) is 17.1. The average molecular weight is 831 g/mol. The summed E-state index contributed by atoms with van der Waals surface area (Å²) in [4.78, 5) is 2.56. The molecule has 0 bridgehead atoms. The van der Waals surface area contributed by atoms with Gasteiger partial charge in [-0.3, -0.25) is 0 Å². The first-order valence-corrected chi connectivity index (χ1v) is 22.9. The Kier molecular flexibility index (Phi) is 7.51. The van der Waals surface area contributed by atoms with E-state index in [0.29, 0.717) is 0 Å². The van der Waals surface area contributed by atoms with Crippen LogP contribution in [0.5, 0.6) is 0 Å². The maximum absolute atomic E-state index is 2.56. The maximum Gasteiger partial charge on any atom is 0.0726 e. The molecule has 0 N–H and O–H groups in total. The van der Waals surface area contributed by atoms with E-state index in [0.717, 1.165) is 22.7 Å². The van der Waals surface area contributed by atoms with Crippen LogP contribution >= 0.6 is 11.3 Å². The van der Waals surface area contributed by atoms with Gasteiger partial charge in [-0.05, 0) is 98.6 Å². The van der Waals surface area contributed by atoms with Gasteiger partial charge in [0.1, 0.15) is 0 Å². The van der Waals surface area contributed by atoms with Crippen molar-refractivity contribution in [2.45, 2.75) is 5.41 Å². The summed E-state index contributed by atoms with van der Waals surface area (Å²) < 4.78 is 5.12. The molecule has 10 aromatic carbocycles. The minimum absolute atomic E-state index is 0.458. The molecule has 298 valence electrons. The third-order valence-electron chi connectivity index (χ3n) is 14.0. The molecule has 3 heteroatoms. The Morgan fingerprint density at radius 2 is 0.953 bits per heavy atom. The summed E-state index contributed by atoms with van der Waals surface area (Å²) in [5.41, 5.74) is 19.4. The molecule has 0 atom stereocenters. The SMILES string of the molecule is c1ccc(-c2ccc(N(c3cccc4c3-c3ccccc3C43c4ccccc4-c4ccccc43)c3cccc4c3c3ccc5c6ccccc6sc5c3n4-c3ccccc3)cc2)cc1. The van der Waals surface area contributed by atoms with E-state index in [1.54, 1.807) is 0 Å². The molecular weight excluding hydrogens is 793 g/mol. The number of anilines is 3. The van der Waals surface area contributed by atoms with Crippen LogP contribution in [0.3, 0.4) is 0 Å². The van der Waals surface area contributed by atoms with Gasteiger partial charge in [0.2, 0.25) is 0 Å². The van der Waals surface area contributed by atoms with Crippen molar-refractivity contribution in [2.24, 2.45) is 0 Å². The van der Waals surface area contributed by atoms with Crippen molar-refractivity contribution >= 4 is 70.4 Å². The van der Waals surface area contributed by atoms with Crippen LogP contribution in [0, 0.1) is 0 Å². The lowest BCUT2D eigenvalue weighted by Crippen LogP contribution is -2.26. The first kappa shape index (κ1) is 35.6. The van der Waals surface area contributed by atoms with E-state index in [1.165, 1.54) is 97.6 Å². The fourth-order valence-corrected chi connectivity index (χ4v) is 12.7. The van der Waals surface area contributed by atoms with Gasteiger partial charge in [0, 0.05) is 43.2 Å². The highest BCUT2D eigenvalue weighted by molar-refractivity contribution is 7.26. The molecule has 0 fully saturated rings. The summed E-state index contributed by atoms with van der Waals surface area (Å²) in [5, 5.41) is 5.06.